The molecule has 1 unspecified atom stereocenters. The number of hydrogen-bond donors (Lipinski definition) is 0. The molecule has 0 spiro atoms. The van der Waals surface area contributed by atoms with Gasteiger partial charge in [0, 0.05) is 25.8 Å². The second-order valence-corrected chi connectivity index (χ2v) is 6.55. The predicted octanol–water partition coefficient (Wildman–Crippen LogP) is 3.65. The summed E-state index contributed by atoms with van der Waals surface area (Å²) >= 11 is 3.68. The number of aryl methyl sites for hydroxylation is 1. The maximum Gasteiger partial charge on any atom is 0.143 e. The van der Waals surface area contributed by atoms with Crippen LogP contribution in [0.25, 0.3) is 0 Å². The third kappa shape index (κ3) is 3.11. The Morgan fingerprint density at radius 2 is 1.95 bits per heavy atom. The highest BCUT2D eigenvalue weighted by Crippen LogP contribution is 2.33. The number of halogens is 1. The first-order valence-corrected chi connectivity index (χ1v) is 8.07. The minimum absolute atomic E-state index is 0.344. The molecule has 21 heavy (non-hydrogen) atoms. The largest absolute Gasteiger partial charge is 0.346 e. The summed E-state index contributed by atoms with van der Waals surface area (Å²) in [6, 6.07) is 13.2. The molecule has 0 saturated carbocycles. The van der Waals surface area contributed by atoms with Gasteiger partial charge < -0.3 is 9.80 Å². The van der Waals surface area contributed by atoms with Gasteiger partial charge >= 0.3 is 0 Å². The van der Waals surface area contributed by atoms with Gasteiger partial charge in [0.05, 0.1) is 10.5 Å². The zero-order valence-corrected chi connectivity index (χ0v) is 14.0. The van der Waals surface area contributed by atoms with Crippen LogP contribution in [-0.4, -0.2) is 36.6 Å². The average molecular weight is 346 g/mol. The summed E-state index contributed by atoms with van der Waals surface area (Å²) in [5, 5.41) is 0. The van der Waals surface area contributed by atoms with E-state index in [1.807, 2.05) is 6.20 Å². The van der Waals surface area contributed by atoms with Crippen LogP contribution in [-0.2, 0) is 0 Å². The minimum Gasteiger partial charge on any atom is -0.346 e. The molecule has 3 rings (SSSR count). The Balaban J connectivity index is 1.98. The Hall–Kier alpha value is -1.39. The molecule has 1 atom stereocenters. The molecule has 1 aliphatic rings. The quantitative estimate of drug-likeness (QED) is 0.828. The summed E-state index contributed by atoms with van der Waals surface area (Å²) < 4.78 is 1.08. The Bertz CT molecular complexity index is 615. The number of pyridine rings is 1. The van der Waals surface area contributed by atoms with Crippen molar-refractivity contribution in [3.8, 4) is 0 Å². The standard InChI is InChI=1S/C17H20BrN3/c1-13-10-15(18)17(19-11-13)21-9-8-20(2)12-16(21)14-6-4-3-5-7-14/h3-7,10-11,16H,8-9,12H2,1-2H3. The fraction of sp³-hybridized carbons (Fsp3) is 0.353. The van der Waals surface area contributed by atoms with Crippen LogP contribution in [0.2, 0.25) is 0 Å². The van der Waals surface area contributed by atoms with Crippen molar-refractivity contribution in [3.05, 3.63) is 58.2 Å². The molecule has 4 heteroatoms. The Morgan fingerprint density at radius 3 is 2.67 bits per heavy atom. The van der Waals surface area contributed by atoms with Crippen LogP contribution in [0.15, 0.2) is 47.1 Å². The number of nitrogens with zero attached hydrogens (tertiary/aromatic N) is 3. The number of likely N-dealkylation sites (N-methyl/N-ethyl adjacent to an activating group) is 1. The Morgan fingerprint density at radius 1 is 1.19 bits per heavy atom. The molecule has 1 fully saturated rings. The maximum atomic E-state index is 4.66. The molecule has 2 aromatic rings. The molecule has 0 bridgehead atoms. The summed E-state index contributed by atoms with van der Waals surface area (Å²) in [5.74, 6) is 1.04. The summed E-state index contributed by atoms with van der Waals surface area (Å²) in [6.45, 7) is 5.14. The monoisotopic (exact) mass is 345 g/mol. The molecule has 3 nitrogen and oxygen atoms in total. The molecule has 1 aromatic carbocycles. The van der Waals surface area contributed by atoms with Crippen LogP contribution in [0, 0.1) is 6.92 Å². The van der Waals surface area contributed by atoms with E-state index >= 15 is 0 Å². The van der Waals surface area contributed by atoms with Crippen molar-refractivity contribution < 1.29 is 0 Å². The molecular weight excluding hydrogens is 326 g/mol. The van der Waals surface area contributed by atoms with E-state index in [1.165, 1.54) is 11.1 Å². The second kappa shape index (κ2) is 6.16. The van der Waals surface area contributed by atoms with E-state index in [-0.39, 0.29) is 0 Å². The van der Waals surface area contributed by atoms with Gasteiger partial charge in [0.2, 0.25) is 0 Å². The van der Waals surface area contributed by atoms with Crippen molar-refractivity contribution in [2.24, 2.45) is 0 Å². The van der Waals surface area contributed by atoms with Crippen LogP contribution in [0.3, 0.4) is 0 Å². The fourth-order valence-electron chi connectivity index (χ4n) is 2.87. The second-order valence-electron chi connectivity index (χ2n) is 5.70. The van der Waals surface area contributed by atoms with Crippen molar-refractivity contribution in [2.75, 3.05) is 31.6 Å². The average Bonchev–Trinajstić information content (AvgIpc) is 2.49. The number of aromatic nitrogens is 1. The zero-order chi connectivity index (χ0) is 14.8. The van der Waals surface area contributed by atoms with Gasteiger partial charge in [0.1, 0.15) is 5.82 Å². The van der Waals surface area contributed by atoms with Gasteiger partial charge in [-0.1, -0.05) is 30.3 Å². The van der Waals surface area contributed by atoms with Gasteiger partial charge in [-0.25, -0.2) is 4.98 Å². The molecule has 2 heterocycles. The molecule has 110 valence electrons. The fourth-order valence-corrected chi connectivity index (χ4v) is 3.56. The van der Waals surface area contributed by atoms with E-state index in [0.29, 0.717) is 6.04 Å². The van der Waals surface area contributed by atoms with Gasteiger partial charge in [0.25, 0.3) is 0 Å². The van der Waals surface area contributed by atoms with Crippen molar-refractivity contribution in [1.82, 2.24) is 9.88 Å². The number of benzene rings is 1. The number of rotatable bonds is 2. The van der Waals surface area contributed by atoms with E-state index in [9.17, 15) is 0 Å². The summed E-state index contributed by atoms with van der Waals surface area (Å²) in [4.78, 5) is 9.46. The minimum atomic E-state index is 0.344. The van der Waals surface area contributed by atoms with E-state index in [2.05, 4.69) is 81.1 Å². The lowest BCUT2D eigenvalue weighted by molar-refractivity contribution is 0.268. The summed E-state index contributed by atoms with van der Waals surface area (Å²) in [7, 11) is 2.19. The normalized spacial score (nSPS) is 19.8. The SMILES string of the molecule is Cc1cnc(N2CCN(C)CC2c2ccccc2)c(Br)c1. The van der Waals surface area contributed by atoms with Gasteiger partial charge in [0.15, 0.2) is 0 Å². The van der Waals surface area contributed by atoms with Crippen molar-refractivity contribution in [2.45, 2.75) is 13.0 Å². The zero-order valence-electron chi connectivity index (χ0n) is 12.5. The van der Waals surface area contributed by atoms with Crippen molar-refractivity contribution >= 4 is 21.7 Å². The van der Waals surface area contributed by atoms with E-state index in [0.717, 1.165) is 29.9 Å². The van der Waals surface area contributed by atoms with Crippen LogP contribution in [0.5, 0.6) is 0 Å². The van der Waals surface area contributed by atoms with Crippen molar-refractivity contribution in [1.29, 1.82) is 0 Å². The lowest BCUT2D eigenvalue weighted by Gasteiger charge is -2.41. The smallest absolute Gasteiger partial charge is 0.143 e. The highest BCUT2D eigenvalue weighted by atomic mass is 79.9. The number of piperazine rings is 1. The van der Waals surface area contributed by atoms with Gasteiger partial charge in [-0.05, 0) is 47.1 Å². The maximum absolute atomic E-state index is 4.66. The number of anilines is 1. The van der Waals surface area contributed by atoms with Crippen LogP contribution in [0.1, 0.15) is 17.2 Å². The first-order valence-electron chi connectivity index (χ1n) is 7.27. The highest BCUT2D eigenvalue weighted by Gasteiger charge is 2.28. The van der Waals surface area contributed by atoms with Crippen LogP contribution in [0.4, 0.5) is 5.82 Å². The molecular formula is C17H20BrN3. The van der Waals surface area contributed by atoms with Gasteiger partial charge in [-0.2, -0.15) is 0 Å². The third-order valence-corrected chi connectivity index (χ3v) is 4.58. The Kier molecular flexibility index (Phi) is 4.27. The predicted molar refractivity (Wildman–Crippen MR) is 90.7 cm³/mol. The van der Waals surface area contributed by atoms with Crippen molar-refractivity contribution in [3.63, 3.8) is 0 Å². The molecule has 0 aliphatic carbocycles. The van der Waals surface area contributed by atoms with Gasteiger partial charge in [-0.3, -0.25) is 0 Å². The molecule has 0 N–H and O–H groups in total. The summed E-state index contributed by atoms with van der Waals surface area (Å²) in [5.41, 5.74) is 2.52. The topological polar surface area (TPSA) is 19.4 Å². The van der Waals surface area contributed by atoms with E-state index in [1.54, 1.807) is 0 Å². The molecule has 1 aliphatic heterocycles. The lowest BCUT2D eigenvalue weighted by atomic mass is 10.0. The molecule has 1 saturated heterocycles. The Labute approximate surface area is 134 Å². The molecule has 1 aromatic heterocycles. The third-order valence-electron chi connectivity index (χ3n) is 4.00. The summed E-state index contributed by atoms with van der Waals surface area (Å²) in [6.07, 6.45) is 1.94. The number of hydrogen-bond acceptors (Lipinski definition) is 3. The van der Waals surface area contributed by atoms with E-state index in [4.69, 9.17) is 0 Å². The molecule has 0 radical (unpaired) electrons. The van der Waals surface area contributed by atoms with Crippen LogP contribution < -0.4 is 4.90 Å². The lowest BCUT2D eigenvalue weighted by Crippen LogP contribution is -2.47. The van der Waals surface area contributed by atoms with E-state index < -0.39 is 0 Å². The highest BCUT2D eigenvalue weighted by molar-refractivity contribution is 9.10. The molecule has 0 amide bonds. The van der Waals surface area contributed by atoms with Crippen LogP contribution >= 0.6 is 15.9 Å². The van der Waals surface area contributed by atoms with Gasteiger partial charge in [-0.15, -0.1) is 0 Å². The first-order chi connectivity index (χ1) is 10.1. The first kappa shape index (κ1) is 14.5.